The minimum absolute atomic E-state index is 0.0206. The Balaban J connectivity index is 2.20. The Kier molecular flexibility index (Phi) is 3.52. The van der Waals surface area contributed by atoms with Crippen molar-refractivity contribution in [3.8, 4) is 0 Å². The number of aliphatic carboxylic acids is 1. The summed E-state index contributed by atoms with van der Waals surface area (Å²) in [5.41, 5.74) is 5.74. The van der Waals surface area contributed by atoms with E-state index in [2.05, 4.69) is 0 Å². The summed E-state index contributed by atoms with van der Waals surface area (Å²) in [4.78, 5) is 24.8. The molecular weight excluding hydrogens is 268 g/mol. The first-order valence-electron chi connectivity index (χ1n) is 5.90. The van der Waals surface area contributed by atoms with Gasteiger partial charge in [-0.25, -0.2) is 0 Å². The zero-order valence-corrected chi connectivity index (χ0v) is 11.3. The summed E-state index contributed by atoms with van der Waals surface area (Å²) in [6, 6.07) is 5.06. The lowest BCUT2D eigenvalue weighted by Crippen LogP contribution is -2.50. The molecule has 6 heteroatoms. The van der Waals surface area contributed by atoms with E-state index in [0.29, 0.717) is 17.1 Å². The highest BCUT2D eigenvalue weighted by Gasteiger charge is 2.43. The van der Waals surface area contributed by atoms with Gasteiger partial charge in [0.2, 0.25) is 0 Å². The minimum atomic E-state index is -1.34. The van der Waals surface area contributed by atoms with Crippen molar-refractivity contribution in [2.75, 3.05) is 13.1 Å². The van der Waals surface area contributed by atoms with Crippen molar-refractivity contribution in [3.05, 3.63) is 34.3 Å². The average molecular weight is 283 g/mol. The van der Waals surface area contributed by atoms with Gasteiger partial charge >= 0.3 is 5.97 Å². The van der Waals surface area contributed by atoms with Crippen molar-refractivity contribution in [3.63, 3.8) is 0 Å². The first-order valence-corrected chi connectivity index (χ1v) is 6.28. The molecule has 1 saturated heterocycles. The Morgan fingerprint density at radius 2 is 2.11 bits per heavy atom. The molecule has 0 spiro atoms. The number of benzene rings is 1. The molecule has 1 amide bonds. The van der Waals surface area contributed by atoms with Gasteiger partial charge in [-0.2, -0.15) is 0 Å². The van der Waals surface area contributed by atoms with Crippen LogP contribution in [-0.2, 0) is 4.79 Å². The maximum Gasteiger partial charge on any atom is 0.325 e. The number of amides is 1. The molecular formula is C13H15ClN2O3. The summed E-state index contributed by atoms with van der Waals surface area (Å²) in [7, 11) is 0. The maximum atomic E-state index is 12.3. The van der Waals surface area contributed by atoms with Crippen molar-refractivity contribution in [2.24, 2.45) is 5.73 Å². The normalized spacial score (nSPS) is 22.6. The monoisotopic (exact) mass is 282 g/mol. The highest BCUT2D eigenvalue weighted by Crippen LogP contribution is 2.23. The van der Waals surface area contributed by atoms with Crippen molar-refractivity contribution >= 4 is 23.5 Å². The molecule has 0 bridgehead atoms. The molecule has 0 saturated carbocycles. The van der Waals surface area contributed by atoms with Gasteiger partial charge in [0, 0.05) is 23.7 Å². The number of carbonyl (C=O) groups excluding carboxylic acids is 1. The van der Waals surface area contributed by atoms with E-state index < -0.39 is 11.5 Å². The Bertz CT molecular complexity index is 526. The lowest BCUT2D eigenvalue weighted by Gasteiger charge is -2.20. The quantitative estimate of drug-likeness (QED) is 0.856. The van der Waals surface area contributed by atoms with E-state index >= 15 is 0 Å². The third-order valence-corrected chi connectivity index (χ3v) is 3.52. The van der Waals surface area contributed by atoms with Crippen LogP contribution in [-0.4, -0.2) is 40.5 Å². The Hall–Kier alpha value is -1.59. The smallest absolute Gasteiger partial charge is 0.325 e. The lowest BCUT2D eigenvalue weighted by atomic mass is 10.0. The molecule has 1 fully saturated rings. The van der Waals surface area contributed by atoms with Crippen LogP contribution in [0.1, 0.15) is 22.3 Å². The van der Waals surface area contributed by atoms with E-state index in [4.69, 9.17) is 22.4 Å². The molecule has 2 rings (SSSR count). The van der Waals surface area contributed by atoms with Crippen LogP contribution in [0.2, 0.25) is 5.02 Å². The van der Waals surface area contributed by atoms with Crippen LogP contribution in [0.15, 0.2) is 18.2 Å². The fourth-order valence-corrected chi connectivity index (χ4v) is 2.51. The van der Waals surface area contributed by atoms with Crippen molar-refractivity contribution < 1.29 is 14.7 Å². The third-order valence-electron chi connectivity index (χ3n) is 3.30. The van der Waals surface area contributed by atoms with E-state index in [0.717, 1.165) is 5.56 Å². The number of carboxylic acid groups (broad SMARTS) is 1. The van der Waals surface area contributed by atoms with Gasteiger partial charge in [0.25, 0.3) is 5.91 Å². The largest absolute Gasteiger partial charge is 0.480 e. The van der Waals surface area contributed by atoms with Crippen LogP contribution < -0.4 is 5.73 Å². The number of hydrogen-bond donors (Lipinski definition) is 2. The van der Waals surface area contributed by atoms with Crippen molar-refractivity contribution in [1.82, 2.24) is 4.90 Å². The first-order chi connectivity index (χ1) is 8.82. The summed E-state index contributed by atoms with van der Waals surface area (Å²) in [6.45, 7) is 2.21. The molecule has 5 nitrogen and oxygen atoms in total. The minimum Gasteiger partial charge on any atom is -0.480 e. The van der Waals surface area contributed by atoms with Gasteiger partial charge in [0.05, 0.1) is 0 Å². The highest BCUT2D eigenvalue weighted by molar-refractivity contribution is 6.31. The SMILES string of the molecule is Cc1cc(Cl)cc(C(=O)N2CCC(N)(C(=O)O)C2)c1. The first kappa shape index (κ1) is 13.8. The number of carboxylic acids is 1. The van der Waals surface area contributed by atoms with Crippen LogP contribution in [0.5, 0.6) is 0 Å². The lowest BCUT2D eigenvalue weighted by molar-refractivity contribution is -0.142. The predicted molar refractivity (Wildman–Crippen MR) is 71.3 cm³/mol. The molecule has 1 aromatic rings. The number of rotatable bonds is 2. The van der Waals surface area contributed by atoms with Gasteiger partial charge in [0.1, 0.15) is 5.54 Å². The van der Waals surface area contributed by atoms with Gasteiger partial charge in [-0.05, 0) is 37.1 Å². The van der Waals surface area contributed by atoms with E-state index in [1.807, 2.05) is 6.92 Å². The van der Waals surface area contributed by atoms with Gasteiger partial charge in [-0.3, -0.25) is 9.59 Å². The summed E-state index contributed by atoms with van der Waals surface area (Å²) < 4.78 is 0. The van der Waals surface area contributed by atoms with Crippen LogP contribution in [0.3, 0.4) is 0 Å². The number of aryl methyl sites for hydroxylation is 1. The molecule has 3 N–H and O–H groups in total. The van der Waals surface area contributed by atoms with E-state index in [1.165, 1.54) is 4.90 Å². The molecule has 1 atom stereocenters. The molecule has 19 heavy (non-hydrogen) atoms. The number of hydrogen-bond acceptors (Lipinski definition) is 3. The topological polar surface area (TPSA) is 83.6 Å². The molecule has 0 aromatic heterocycles. The van der Waals surface area contributed by atoms with E-state index in [9.17, 15) is 9.59 Å². The Morgan fingerprint density at radius 3 is 2.63 bits per heavy atom. The van der Waals surface area contributed by atoms with Crippen LogP contribution in [0, 0.1) is 6.92 Å². The second-order valence-corrected chi connectivity index (χ2v) is 5.39. The second kappa shape index (κ2) is 4.83. The fourth-order valence-electron chi connectivity index (χ4n) is 2.22. The Morgan fingerprint density at radius 1 is 1.42 bits per heavy atom. The zero-order chi connectivity index (χ0) is 14.2. The van der Waals surface area contributed by atoms with Gasteiger partial charge in [-0.15, -0.1) is 0 Å². The van der Waals surface area contributed by atoms with Gasteiger partial charge in [-0.1, -0.05) is 11.6 Å². The average Bonchev–Trinajstić information content (AvgIpc) is 2.71. The van der Waals surface area contributed by atoms with Crippen LogP contribution >= 0.6 is 11.6 Å². The van der Waals surface area contributed by atoms with Crippen molar-refractivity contribution in [2.45, 2.75) is 18.9 Å². The Labute approximate surface area is 116 Å². The fraction of sp³-hybridized carbons (Fsp3) is 0.385. The van der Waals surface area contributed by atoms with Gasteiger partial charge in [0.15, 0.2) is 0 Å². The molecule has 1 heterocycles. The molecule has 1 aliphatic rings. The molecule has 1 unspecified atom stereocenters. The van der Waals surface area contributed by atoms with Gasteiger partial charge < -0.3 is 15.7 Å². The highest BCUT2D eigenvalue weighted by atomic mass is 35.5. The summed E-state index contributed by atoms with van der Waals surface area (Å²) >= 11 is 5.92. The summed E-state index contributed by atoms with van der Waals surface area (Å²) in [5.74, 6) is -1.32. The standard InChI is InChI=1S/C13H15ClN2O3/c1-8-4-9(6-10(14)5-8)11(17)16-3-2-13(15,7-16)12(18)19/h4-6H,2-3,7,15H2,1H3,(H,18,19). The summed E-state index contributed by atoms with van der Waals surface area (Å²) in [5, 5.41) is 9.53. The molecule has 1 aliphatic heterocycles. The number of nitrogens with zero attached hydrogens (tertiary/aromatic N) is 1. The van der Waals surface area contributed by atoms with E-state index in [-0.39, 0.29) is 18.9 Å². The second-order valence-electron chi connectivity index (χ2n) is 4.96. The number of likely N-dealkylation sites (tertiary alicyclic amines) is 1. The summed E-state index contributed by atoms with van der Waals surface area (Å²) in [6.07, 6.45) is 0.258. The van der Waals surface area contributed by atoms with Crippen LogP contribution in [0.4, 0.5) is 0 Å². The number of halogens is 1. The molecule has 0 aliphatic carbocycles. The molecule has 1 aromatic carbocycles. The zero-order valence-electron chi connectivity index (χ0n) is 10.5. The van der Waals surface area contributed by atoms with Crippen molar-refractivity contribution in [1.29, 1.82) is 0 Å². The maximum absolute atomic E-state index is 12.3. The number of nitrogens with two attached hydrogens (primary N) is 1. The molecule has 0 radical (unpaired) electrons. The van der Waals surface area contributed by atoms with E-state index in [1.54, 1.807) is 18.2 Å². The van der Waals surface area contributed by atoms with Crippen LogP contribution in [0.25, 0.3) is 0 Å². The molecule has 102 valence electrons. The third kappa shape index (κ3) is 2.72. The predicted octanol–water partition coefficient (Wildman–Crippen LogP) is 1.28. The number of carbonyl (C=O) groups is 2.